The van der Waals surface area contributed by atoms with Crippen LogP contribution in [-0.4, -0.2) is 30.5 Å². The molecule has 0 radical (unpaired) electrons. The smallest absolute Gasteiger partial charge is 0.259 e. The van der Waals surface area contributed by atoms with E-state index in [1.807, 2.05) is 32.2 Å². The summed E-state index contributed by atoms with van der Waals surface area (Å²) in [5.41, 5.74) is 15.1. The lowest BCUT2D eigenvalue weighted by Gasteiger charge is -2.35. The van der Waals surface area contributed by atoms with Gasteiger partial charge in [0.05, 0.1) is 11.3 Å². The number of nitrogens with one attached hydrogen (secondary N) is 1. The van der Waals surface area contributed by atoms with Crippen molar-refractivity contribution in [1.29, 1.82) is 0 Å². The number of aromatic nitrogens is 1. The first kappa shape index (κ1) is 23.0. The second-order valence-corrected chi connectivity index (χ2v) is 9.46. The molecule has 4 rings (SSSR count). The SMILES string of the molecule is Cc1cc(C)cc(NC(=O)c2cncc(-c3cc(C)cc(C)c3)c2N2CCC(CN)CC2)c1. The molecule has 3 aromatic rings. The molecule has 1 fully saturated rings. The number of rotatable bonds is 5. The standard InChI is InChI=1S/C28H34N4O/c1-18-9-19(2)12-23(11-18)25-16-30-17-26(27(25)32-7-5-22(15-29)6-8-32)28(33)31-24-13-20(3)10-21(4)14-24/h9-14,16-17,22H,5-8,15,29H2,1-4H3,(H,31,33). The van der Waals surface area contributed by atoms with E-state index in [9.17, 15) is 4.79 Å². The third kappa shape index (κ3) is 5.25. The molecule has 2 heterocycles. The van der Waals surface area contributed by atoms with Gasteiger partial charge in [-0.1, -0.05) is 35.4 Å². The van der Waals surface area contributed by atoms with Gasteiger partial charge < -0.3 is 16.0 Å². The zero-order chi connectivity index (χ0) is 23.5. The highest BCUT2D eigenvalue weighted by Crippen LogP contribution is 2.37. The van der Waals surface area contributed by atoms with Crippen molar-refractivity contribution in [3.63, 3.8) is 0 Å². The Morgan fingerprint density at radius 2 is 1.52 bits per heavy atom. The lowest BCUT2D eigenvalue weighted by molar-refractivity contribution is 0.102. The van der Waals surface area contributed by atoms with E-state index in [0.29, 0.717) is 18.0 Å². The number of hydrogen-bond donors (Lipinski definition) is 2. The Labute approximate surface area is 197 Å². The predicted molar refractivity (Wildman–Crippen MR) is 137 cm³/mol. The van der Waals surface area contributed by atoms with Gasteiger partial charge >= 0.3 is 0 Å². The minimum atomic E-state index is -0.130. The average Bonchev–Trinajstić information content (AvgIpc) is 2.77. The first-order chi connectivity index (χ1) is 15.8. The van der Waals surface area contributed by atoms with Crippen molar-refractivity contribution >= 4 is 17.3 Å². The molecule has 0 saturated carbocycles. The normalized spacial score (nSPS) is 14.4. The quantitative estimate of drug-likeness (QED) is 0.554. The van der Waals surface area contributed by atoms with Gasteiger partial charge in [-0.05, 0) is 81.8 Å². The number of anilines is 2. The highest BCUT2D eigenvalue weighted by Gasteiger charge is 2.26. The van der Waals surface area contributed by atoms with Crippen LogP contribution in [0.15, 0.2) is 48.8 Å². The molecule has 0 atom stereocenters. The zero-order valence-corrected chi connectivity index (χ0v) is 20.1. The molecule has 5 nitrogen and oxygen atoms in total. The van der Waals surface area contributed by atoms with Gasteiger partial charge in [-0.25, -0.2) is 0 Å². The molecule has 172 valence electrons. The highest BCUT2D eigenvalue weighted by molar-refractivity contribution is 6.10. The highest BCUT2D eigenvalue weighted by atomic mass is 16.1. The maximum absolute atomic E-state index is 13.5. The van der Waals surface area contributed by atoms with E-state index < -0.39 is 0 Å². The van der Waals surface area contributed by atoms with Gasteiger partial charge in [0.25, 0.3) is 5.91 Å². The summed E-state index contributed by atoms with van der Waals surface area (Å²) in [6.45, 7) is 10.8. The van der Waals surface area contributed by atoms with Crippen molar-refractivity contribution in [3.8, 4) is 11.1 Å². The molecule has 0 unspecified atom stereocenters. The molecule has 1 aliphatic heterocycles. The topological polar surface area (TPSA) is 71.2 Å². The van der Waals surface area contributed by atoms with Crippen molar-refractivity contribution in [1.82, 2.24) is 4.98 Å². The molecule has 1 aliphatic rings. The van der Waals surface area contributed by atoms with Crippen LogP contribution in [0.3, 0.4) is 0 Å². The summed E-state index contributed by atoms with van der Waals surface area (Å²) in [6.07, 6.45) is 5.66. The fourth-order valence-electron chi connectivity index (χ4n) is 4.94. The lowest BCUT2D eigenvalue weighted by atomic mass is 9.93. The second-order valence-electron chi connectivity index (χ2n) is 9.46. The molecule has 1 aromatic heterocycles. The summed E-state index contributed by atoms with van der Waals surface area (Å²) in [5, 5.41) is 3.12. The molecular formula is C28H34N4O. The van der Waals surface area contributed by atoms with Crippen LogP contribution in [0.4, 0.5) is 11.4 Å². The van der Waals surface area contributed by atoms with Crippen LogP contribution in [0.1, 0.15) is 45.5 Å². The molecule has 1 amide bonds. The molecule has 2 aromatic carbocycles. The first-order valence-electron chi connectivity index (χ1n) is 11.8. The molecule has 0 aliphatic carbocycles. The average molecular weight is 443 g/mol. The first-order valence-corrected chi connectivity index (χ1v) is 11.8. The maximum atomic E-state index is 13.5. The van der Waals surface area contributed by atoms with Crippen LogP contribution in [-0.2, 0) is 0 Å². The van der Waals surface area contributed by atoms with Crippen LogP contribution in [0, 0.1) is 33.6 Å². The summed E-state index contributed by atoms with van der Waals surface area (Å²) >= 11 is 0. The largest absolute Gasteiger partial charge is 0.370 e. The number of hydrogen-bond acceptors (Lipinski definition) is 4. The van der Waals surface area contributed by atoms with Crippen LogP contribution in [0.25, 0.3) is 11.1 Å². The van der Waals surface area contributed by atoms with Crippen molar-refractivity contribution in [2.24, 2.45) is 11.7 Å². The predicted octanol–water partition coefficient (Wildman–Crippen LogP) is 5.41. The fraction of sp³-hybridized carbons (Fsp3) is 0.357. The van der Waals surface area contributed by atoms with Gasteiger partial charge in [0.15, 0.2) is 0 Å². The molecule has 0 spiro atoms. The zero-order valence-electron chi connectivity index (χ0n) is 20.1. The van der Waals surface area contributed by atoms with Crippen LogP contribution >= 0.6 is 0 Å². The number of amides is 1. The van der Waals surface area contributed by atoms with Crippen LogP contribution in [0.5, 0.6) is 0 Å². The van der Waals surface area contributed by atoms with Gasteiger partial charge in [0.2, 0.25) is 0 Å². The molecule has 33 heavy (non-hydrogen) atoms. The summed E-state index contributed by atoms with van der Waals surface area (Å²) in [5.74, 6) is 0.412. The Morgan fingerprint density at radius 3 is 2.09 bits per heavy atom. The fourth-order valence-corrected chi connectivity index (χ4v) is 4.94. The van der Waals surface area contributed by atoms with Crippen molar-refractivity contribution in [3.05, 3.63) is 76.6 Å². The van der Waals surface area contributed by atoms with E-state index in [2.05, 4.69) is 53.3 Å². The minimum Gasteiger partial charge on any atom is -0.370 e. The molecule has 1 saturated heterocycles. The Balaban J connectivity index is 1.78. The molecular weight excluding hydrogens is 408 g/mol. The monoisotopic (exact) mass is 442 g/mol. The Hall–Kier alpha value is -3.18. The third-order valence-electron chi connectivity index (χ3n) is 6.44. The number of nitrogens with two attached hydrogens (primary N) is 1. The van der Waals surface area contributed by atoms with Crippen molar-refractivity contribution in [2.45, 2.75) is 40.5 Å². The summed E-state index contributed by atoms with van der Waals surface area (Å²) in [6, 6.07) is 12.6. The van der Waals surface area contributed by atoms with Crippen molar-refractivity contribution < 1.29 is 4.79 Å². The molecule has 3 N–H and O–H groups in total. The number of carbonyl (C=O) groups excluding carboxylic acids is 1. The Morgan fingerprint density at radius 1 is 0.939 bits per heavy atom. The van der Waals surface area contributed by atoms with Gasteiger partial charge in [-0.2, -0.15) is 0 Å². The third-order valence-corrected chi connectivity index (χ3v) is 6.44. The van der Waals surface area contributed by atoms with Gasteiger partial charge in [0, 0.05) is 36.7 Å². The summed E-state index contributed by atoms with van der Waals surface area (Å²) in [4.78, 5) is 20.4. The van der Waals surface area contributed by atoms with Crippen LogP contribution in [0.2, 0.25) is 0 Å². The van der Waals surface area contributed by atoms with Gasteiger partial charge in [-0.15, -0.1) is 0 Å². The summed E-state index contributed by atoms with van der Waals surface area (Å²) in [7, 11) is 0. The van der Waals surface area contributed by atoms with E-state index in [-0.39, 0.29) is 5.91 Å². The van der Waals surface area contributed by atoms with E-state index in [4.69, 9.17) is 5.73 Å². The van der Waals surface area contributed by atoms with E-state index in [1.54, 1.807) is 6.20 Å². The van der Waals surface area contributed by atoms with E-state index in [0.717, 1.165) is 59.6 Å². The minimum absolute atomic E-state index is 0.130. The summed E-state index contributed by atoms with van der Waals surface area (Å²) < 4.78 is 0. The molecule has 0 bridgehead atoms. The maximum Gasteiger partial charge on any atom is 0.259 e. The Bertz CT molecular complexity index is 1120. The van der Waals surface area contributed by atoms with Crippen molar-refractivity contribution in [2.75, 3.05) is 29.9 Å². The number of aryl methyl sites for hydroxylation is 4. The number of piperidine rings is 1. The molecule has 5 heteroatoms. The number of benzene rings is 2. The van der Waals surface area contributed by atoms with E-state index in [1.165, 1.54) is 11.1 Å². The lowest BCUT2D eigenvalue weighted by Crippen LogP contribution is -2.37. The van der Waals surface area contributed by atoms with E-state index >= 15 is 0 Å². The van der Waals surface area contributed by atoms with Gasteiger partial charge in [-0.3, -0.25) is 9.78 Å². The number of pyridine rings is 1. The number of carbonyl (C=O) groups is 1. The van der Waals surface area contributed by atoms with Crippen LogP contribution < -0.4 is 16.0 Å². The Kier molecular flexibility index (Phi) is 6.80. The second kappa shape index (κ2) is 9.75. The van der Waals surface area contributed by atoms with Gasteiger partial charge in [0.1, 0.15) is 0 Å². The number of nitrogens with zero attached hydrogens (tertiary/aromatic N) is 2.